The van der Waals surface area contributed by atoms with E-state index in [1.807, 2.05) is 18.2 Å². The number of nitrogens with zero attached hydrogens (tertiary/aromatic N) is 3. The van der Waals surface area contributed by atoms with Crippen molar-refractivity contribution in [1.82, 2.24) is 14.8 Å². The second-order valence-corrected chi connectivity index (χ2v) is 7.09. The molecule has 2 aliphatic rings. The lowest BCUT2D eigenvalue weighted by Gasteiger charge is -2.35. The molecule has 2 saturated heterocycles. The molecule has 4 nitrogen and oxygen atoms in total. The number of likely N-dealkylation sites (tertiary alicyclic amines) is 2. The number of amides is 1. The number of hydrogen-bond donors (Lipinski definition) is 0. The molecule has 0 radical (unpaired) electrons. The van der Waals surface area contributed by atoms with Gasteiger partial charge < -0.3 is 4.90 Å². The van der Waals surface area contributed by atoms with Crippen LogP contribution in [-0.4, -0.2) is 45.9 Å². The van der Waals surface area contributed by atoms with Gasteiger partial charge in [0.1, 0.15) is 5.69 Å². The standard InChI is InChI=1S/C21H25N3O/c25-21(18-10-4-5-13-22-18)24-15-7-12-20(24)19-11-6-14-23(19)16-17-8-2-1-3-9-17/h1-5,8-10,13,19-20H,6-7,11-12,14-16H2/t19-,20-/m0/s1. The van der Waals surface area contributed by atoms with Gasteiger partial charge in [-0.25, -0.2) is 0 Å². The van der Waals surface area contributed by atoms with Crippen molar-refractivity contribution >= 4 is 5.91 Å². The maximum absolute atomic E-state index is 12.9. The van der Waals surface area contributed by atoms with Crippen LogP contribution in [0.1, 0.15) is 41.7 Å². The van der Waals surface area contributed by atoms with Crippen LogP contribution in [0.5, 0.6) is 0 Å². The van der Waals surface area contributed by atoms with Gasteiger partial charge in [-0.1, -0.05) is 36.4 Å². The minimum atomic E-state index is 0.0923. The van der Waals surface area contributed by atoms with Crippen molar-refractivity contribution in [2.75, 3.05) is 13.1 Å². The fourth-order valence-electron chi connectivity index (χ4n) is 4.38. The molecule has 0 spiro atoms. The Bertz CT molecular complexity index is 704. The largest absolute Gasteiger partial charge is 0.333 e. The van der Waals surface area contributed by atoms with Crippen LogP contribution in [0.15, 0.2) is 54.7 Å². The van der Waals surface area contributed by atoms with Gasteiger partial charge in [0, 0.05) is 31.4 Å². The molecule has 4 rings (SSSR count). The number of carbonyl (C=O) groups is 1. The molecule has 0 saturated carbocycles. The van der Waals surface area contributed by atoms with Crippen molar-refractivity contribution in [3.63, 3.8) is 0 Å². The molecule has 0 unspecified atom stereocenters. The molecular formula is C21H25N3O. The lowest BCUT2D eigenvalue weighted by Crippen LogP contribution is -2.48. The van der Waals surface area contributed by atoms with Crippen LogP contribution in [0.3, 0.4) is 0 Å². The summed E-state index contributed by atoms with van der Waals surface area (Å²) in [6.07, 6.45) is 6.31. The Morgan fingerprint density at radius 1 is 0.960 bits per heavy atom. The summed E-state index contributed by atoms with van der Waals surface area (Å²) in [5, 5.41) is 0. The summed E-state index contributed by atoms with van der Waals surface area (Å²) < 4.78 is 0. The monoisotopic (exact) mass is 335 g/mol. The maximum atomic E-state index is 12.9. The molecule has 2 aromatic rings. The predicted molar refractivity (Wildman–Crippen MR) is 98.2 cm³/mol. The number of carbonyl (C=O) groups excluding carboxylic acids is 1. The van der Waals surface area contributed by atoms with E-state index < -0.39 is 0 Å². The zero-order valence-electron chi connectivity index (χ0n) is 14.6. The van der Waals surface area contributed by atoms with E-state index in [1.54, 1.807) is 6.20 Å². The summed E-state index contributed by atoms with van der Waals surface area (Å²) >= 11 is 0. The average Bonchev–Trinajstić information content (AvgIpc) is 3.31. The molecule has 3 heterocycles. The van der Waals surface area contributed by atoms with Gasteiger partial charge >= 0.3 is 0 Å². The summed E-state index contributed by atoms with van der Waals surface area (Å²) in [7, 11) is 0. The van der Waals surface area contributed by atoms with Crippen molar-refractivity contribution in [1.29, 1.82) is 0 Å². The third-order valence-electron chi connectivity index (χ3n) is 5.53. The fourth-order valence-corrected chi connectivity index (χ4v) is 4.38. The van der Waals surface area contributed by atoms with E-state index in [9.17, 15) is 4.79 Å². The van der Waals surface area contributed by atoms with Crippen molar-refractivity contribution in [3.8, 4) is 0 Å². The van der Waals surface area contributed by atoms with Crippen molar-refractivity contribution < 1.29 is 4.79 Å². The van der Waals surface area contributed by atoms with Crippen LogP contribution in [0.4, 0.5) is 0 Å². The number of pyridine rings is 1. The fraction of sp³-hybridized carbons (Fsp3) is 0.429. The quantitative estimate of drug-likeness (QED) is 0.860. The second kappa shape index (κ2) is 7.36. The van der Waals surface area contributed by atoms with E-state index in [4.69, 9.17) is 0 Å². The van der Waals surface area contributed by atoms with Gasteiger partial charge in [0.15, 0.2) is 0 Å². The highest BCUT2D eigenvalue weighted by Gasteiger charge is 2.40. The summed E-state index contributed by atoms with van der Waals surface area (Å²) in [5.41, 5.74) is 1.93. The summed E-state index contributed by atoms with van der Waals surface area (Å²) in [5.74, 6) is 0.0923. The first-order valence-electron chi connectivity index (χ1n) is 9.33. The molecular weight excluding hydrogens is 310 g/mol. The van der Waals surface area contributed by atoms with E-state index in [1.165, 1.54) is 18.4 Å². The van der Waals surface area contributed by atoms with Crippen LogP contribution >= 0.6 is 0 Å². The Hall–Kier alpha value is -2.20. The van der Waals surface area contributed by atoms with Gasteiger partial charge in [0.25, 0.3) is 5.91 Å². The zero-order chi connectivity index (χ0) is 17.1. The second-order valence-electron chi connectivity index (χ2n) is 7.09. The molecule has 0 bridgehead atoms. The summed E-state index contributed by atoms with van der Waals surface area (Å²) in [4.78, 5) is 21.8. The van der Waals surface area contributed by atoms with Crippen molar-refractivity contribution in [3.05, 3.63) is 66.0 Å². The van der Waals surface area contributed by atoms with Crippen LogP contribution in [-0.2, 0) is 6.54 Å². The van der Waals surface area contributed by atoms with Gasteiger partial charge in [0.05, 0.1) is 0 Å². The van der Waals surface area contributed by atoms with Crippen molar-refractivity contribution in [2.45, 2.75) is 44.3 Å². The van der Waals surface area contributed by atoms with Gasteiger partial charge in [-0.3, -0.25) is 14.7 Å². The number of benzene rings is 1. The summed E-state index contributed by atoms with van der Waals surface area (Å²) in [6.45, 7) is 2.96. The van der Waals surface area contributed by atoms with Gasteiger partial charge in [0.2, 0.25) is 0 Å². The molecule has 25 heavy (non-hydrogen) atoms. The Morgan fingerprint density at radius 2 is 1.72 bits per heavy atom. The number of rotatable bonds is 4. The Morgan fingerprint density at radius 3 is 2.52 bits per heavy atom. The first kappa shape index (κ1) is 16.3. The van der Waals surface area contributed by atoms with Crippen LogP contribution in [0.25, 0.3) is 0 Å². The van der Waals surface area contributed by atoms with E-state index >= 15 is 0 Å². The highest BCUT2D eigenvalue weighted by Crippen LogP contribution is 2.31. The Kier molecular flexibility index (Phi) is 4.79. The molecule has 0 aliphatic carbocycles. The Labute approximate surface area is 149 Å². The van der Waals surface area contributed by atoms with Gasteiger partial charge in [-0.05, 0) is 49.9 Å². The third-order valence-corrected chi connectivity index (χ3v) is 5.53. The predicted octanol–water partition coefficient (Wildman–Crippen LogP) is 3.35. The van der Waals surface area contributed by atoms with Gasteiger partial charge in [-0.2, -0.15) is 0 Å². The minimum Gasteiger partial charge on any atom is -0.333 e. The normalized spacial score (nSPS) is 23.9. The van der Waals surface area contributed by atoms with Crippen molar-refractivity contribution in [2.24, 2.45) is 0 Å². The molecule has 1 amide bonds. The Balaban J connectivity index is 1.50. The SMILES string of the molecule is O=C(c1ccccn1)N1CCC[C@H]1[C@@H]1CCCN1Cc1ccccc1. The van der Waals surface area contributed by atoms with E-state index in [-0.39, 0.29) is 5.91 Å². The van der Waals surface area contributed by atoms with E-state index in [0.717, 1.165) is 32.5 Å². The topological polar surface area (TPSA) is 36.4 Å². The third kappa shape index (κ3) is 3.45. The molecule has 4 heteroatoms. The molecule has 1 aromatic heterocycles. The smallest absolute Gasteiger partial charge is 0.272 e. The van der Waals surface area contributed by atoms with Gasteiger partial charge in [-0.15, -0.1) is 0 Å². The molecule has 2 aliphatic heterocycles. The van der Waals surface area contributed by atoms with E-state index in [0.29, 0.717) is 17.8 Å². The molecule has 2 fully saturated rings. The molecule has 2 atom stereocenters. The minimum absolute atomic E-state index is 0.0923. The average molecular weight is 335 g/mol. The first-order chi connectivity index (χ1) is 12.3. The van der Waals surface area contributed by atoms with Crippen LogP contribution < -0.4 is 0 Å². The van der Waals surface area contributed by atoms with Crippen LogP contribution in [0, 0.1) is 0 Å². The lowest BCUT2D eigenvalue weighted by atomic mass is 10.0. The number of hydrogen-bond acceptors (Lipinski definition) is 3. The van der Waals surface area contributed by atoms with Crippen LogP contribution in [0.2, 0.25) is 0 Å². The molecule has 130 valence electrons. The maximum Gasteiger partial charge on any atom is 0.272 e. The lowest BCUT2D eigenvalue weighted by molar-refractivity contribution is 0.0633. The first-order valence-corrected chi connectivity index (χ1v) is 9.33. The molecule has 1 aromatic carbocycles. The highest BCUT2D eigenvalue weighted by molar-refractivity contribution is 5.92. The summed E-state index contributed by atoms with van der Waals surface area (Å²) in [6, 6.07) is 17.0. The van der Waals surface area contributed by atoms with E-state index in [2.05, 4.69) is 45.1 Å². The highest BCUT2D eigenvalue weighted by atomic mass is 16.2. The number of aromatic nitrogens is 1. The molecule has 0 N–H and O–H groups in total. The zero-order valence-corrected chi connectivity index (χ0v) is 14.6.